The first-order chi connectivity index (χ1) is 4.24. The molecule has 0 radical (unpaired) electrons. The average molecular weight is 128 g/mol. The molecule has 1 N–H and O–H groups in total. The molecule has 0 aromatic rings. The van der Waals surface area contributed by atoms with Gasteiger partial charge in [-0.25, -0.2) is 0 Å². The lowest BCUT2D eigenvalue weighted by atomic mass is 9.74. The highest BCUT2D eigenvalue weighted by molar-refractivity contribution is 5.70. The van der Waals surface area contributed by atoms with E-state index >= 15 is 0 Å². The van der Waals surface area contributed by atoms with E-state index in [4.69, 9.17) is 5.11 Å². The van der Waals surface area contributed by atoms with Gasteiger partial charge in [-0.1, -0.05) is 13.3 Å². The van der Waals surface area contributed by atoms with Crippen LogP contribution in [0, 0.1) is 11.8 Å². The van der Waals surface area contributed by atoms with Crippen LogP contribution in [0.5, 0.6) is 0 Å². The summed E-state index contributed by atoms with van der Waals surface area (Å²) in [4.78, 5) is 10.2. The molecule has 0 spiro atoms. The zero-order valence-electron chi connectivity index (χ0n) is 5.63. The fourth-order valence-corrected chi connectivity index (χ4v) is 1.27. The van der Waals surface area contributed by atoms with Crippen molar-refractivity contribution in [3.05, 3.63) is 0 Å². The van der Waals surface area contributed by atoms with Gasteiger partial charge in [-0.3, -0.25) is 4.79 Å². The molecule has 0 aromatic carbocycles. The summed E-state index contributed by atoms with van der Waals surface area (Å²) in [7, 11) is 0. The summed E-state index contributed by atoms with van der Waals surface area (Å²) in [6, 6.07) is 0. The molecule has 0 saturated heterocycles. The predicted molar refractivity (Wildman–Crippen MR) is 34.1 cm³/mol. The monoisotopic (exact) mass is 128 g/mol. The first kappa shape index (κ1) is 6.59. The lowest BCUT2D eigenvalue weighted by Crippen LogP contribution is -2.29. The van der Waals surface area contributed by atoms with Gasteiger partial charge in [0.05, 0.1) is 5.92 Å². The molecule has 9 heavy (non-hydrogen) atoms. The van der Waals surface area contributed by atoms with Gasteiger partial charge < -0.3 is 5.11 Å². The molecule has 0 aromatic heterocycles. The van der Waals surface area contributed by atoms with E-state index in [1.54, 1.807) is 0 Å². The van der Waals surface area contributed by atoms with E-state index in [0.717, 1.165) is 19.3 Å². The van der Waals surface area contributed by atoms with E-state index in [0.29, 0.717) is 5.92 Å². The lowest BCUT2D eigenvalue weighted by molar-refractivity contribution is -0.146. The Morgan fingerprint density at radius 3 is 2.56 bits per heavy atom. The highest BCUT2D eigenvalue weighted by atomic mass is 16.4. The minimum atomic E-state index is -0.611. The van der Waals surface area contributed by atoms with E-state index in [9.17, 15) is 4.79 Å². The first-order valence-corrected chi connectivity index (χ1v) is 3.46. The van der Waals surface area contributed by atoms with Crippen molar-refractivity contribution in [2.75, 3.05) is 0 Å². The normalized spacial score (nSPS) is 33.4. The molecule has 0 unspecified atom stereocenters. The lowest BCUT2D eigenvalue weighted by Gasteiger charge is -2.31. The Bertz CT molecular complexity index is 114. The maximum absolute atomic E-state index is 10.2. The third-order valence-corrected chi connectivity index (χ3v) is 2.16. The van der Waals surface area contributed by atoms with Crippen molar-refractivity contribution in [2.45, 2.75) is 26.2 Å². The van der Waals surface area contributed by atoms with Crippen LogP contribution in [0.4, 0.5) is 0 Å². The summed E-state index contributed by atoms with van der Waals surface area (Å²) in [5, 5.41) is 8.45. The second-order valence-electron chi connectivity index (χ2n) is 2.78. The molecule has 2 heteroatoms. The van der Waals surface area contributed by atoms with Crippen LogP contribution in [0.2, 0.25) is 0 Å². The topological polar surface area (TPSA) is 37.3 Å². The highest BCUT2D eigenvalue weighted by Gasteiger charge is 2.32. The Morgan fingerprint density at radius 1 is 1.67 bits per heavy atom. The zero-order chi connectivity index (χ0) is 6.85. The Morgan fingerprint density at radius 2 is 2.22 bits per heavy atom. The summed E-state index contributed by atoms with van der Waals surface area (Å²) in [6.45, 7) is 2.11. The van der Waals surface area contributed by atoms with E-state index in [2.05, 4.69) is 6.92 Å². The van der Waals surface area contributed by atoms with Gasteiger partial charge in [0.25, 0.3) is 0 Å². The third kappa shape index (κ3) is 1.23. The SMILES string of the molecule is CC[C@H]1C[C@@H](C(=O)O)C1. The molecule has 0 aliphatic heterocycles. The van der Waals surface area contributed by atoms with Crippen molar-refractivity contribution in [1.82, 2.24) is 0 Å². The molecule has 0 bridgehead atoms. The molecular weight excluding hydrogens is 116 g/mol. The number of rotatable bonds is 2. The van der Waals surface area contributed by atoms with Crippen LogP contribution in [-0.2, 0) is 4.79 Å². The Balaban J connectivity index is 2.19. The Hall–Kier alpha value is -0.530. The van der Waals surface area contributed by atoms with Crippen LogP contribution in [0.3, 0.4) is 0 Å². The van der Waals surface area contributed by atoms with Crippen LogP contribution in [-0.4, -0.2) is 11.1 Å². The van der Waals surface area contributed by atoms with Crippen LogP contribution in [0.15, 0.2) is 0 Å². The standard InChI is InChI=1S/C7H12O2/c1-2-5-3-6(4-5)7(8)9/h5-6H,2-4H2,1H3,(H,8,9)/t5-,6+. The van der Waals surface area contributed by atoms with Crippen LogP contribution in [0.1, 0.15) is 26.2 Å². The number of carbonyl (C=O) groups is 1. The smallest absolute Gasteiger partial charge is 0.306 e. The summed E-state index contributed by atoms with van der Waals surface area (Å²) < 4.78 is 0. The molecule has 1 saturated carbocycles. The van der Waals surface area contributed by atoms with Crippen LogP contribution in [0.25, 0.3) is 0 Å². The van der Waals surface area contributed by atoms with Gasteiger partial charge in [-0.2, -0.15) is 0 Å². The molecule has 0 atom stereocenters. The van der Waals surface area contributed by atoms with E-state index in [1.807, 2.05) is 0 Å². The molecule has 1 rings (SSSR count). The summed E-state index contributed by atoms with van der Waals surface area (Å²) in [5.41, 5.74) is 0. The predicted octanol–water partition coefficient (Wildman–Crippen LogP) is 1.51. The van der Waals surface area contributed by atoms with E-state index in [1.165, 1.54) is 0 Å². The van der Waals surface area contributed by atoms with E-state index < -0.39 is 5.97 Å². The molecule has 0 heterocycles. The van der Waals surface area contributed by atoms with Gasteiger partial charge >= 0.3 is 5.97 Å². The highest BCUT2D eigenvalue weighted by Crippen LogP contribution is 2.35. The third-order valence-electron chi connectivity index (χ3n) is 2.16. The maximum Gasteiger partial charge on any atom is 0.306 e. The molecule has 52 valence electrons. The number of aliphatic carboxylic acids is 1. The van der Waals surface area contributed by atoms with Gasteiger partial charge in [-0.05, 0) is 18.8 Å². The molecule has 1 aliphatic carbocycles. The number of hydrogen-bond acceptors (Lipinski definition) is 1. The Kier molecular flexibility index (Phi) is 1.74. The minimum Gasteiger partial charge on any atom is -0.481 e. The van der Waals surface area contributed by atoms with Gasteiger partial charge in [0.2, 0.25) is 0 Å². The van der Waals surface area contributed by atoms with Crippen molar-refractivity contribution < 1.29 is 9.90 Å². The van der Waals surface area contributed by atoms with Crippen molar-refractivity contribution >= 4 is 5.97 Å². The zero-order valence-corrected chi connectivity index (χ0v) is 5.63. The second-order valence-corrected chi connectivity index (χ2v) is 2.78. The fraction of sp³-hybridized carbons (Fsp3) is 0.857. The molecule has 0 amide bonds. The molecule has 1 aliphatic rings. The van der Waals surface area contributed by atoms with E-state index in [-0.39, 0.29) is 5.92 Å². The average Bonchev–Trinajstić information content (AvgIpc) is 1.61. The molecule has 2 nitrogen and oxygen atoms in total. The largest absolute Gasteiger partial charge is 0.481 e. The second kappa shape index (κ2) is 2.38. The van der Waals surface area contributed by atoms with Gasteiger partial charge in [0, 0.05) is 0 Å². The van der Waals surface area contributed by atoms with Gasteiger partial charge in [-0.15, -0.1) is 0 Å². The molecule has 1 fully saturated rings. The summed E-state index contributed by atoms with van der Waals surface area (Å²) >= 11 is 0. The number of carboxylic acids is 1. The van der Waals surface area contributed by atoms with Crippen molar-refractivity contribution in [3.8, 4) is 0 Å². The molecular formula is C7H12O2. The fourth-order valence-electron chi connectivity index (χ4n) is 1.27. The van der Waals surface area contributed by atoms with Crippen molar-refractivity contribution in [1.29, 1.82) is 0 Å². The summed E-state index contributed by atoms with van der Waals surface area (Å²) in [6.07, 6.45) is 2.96. The summed E-state index contributed by atoms with van der Waals surface area (Å²) in [5.74, 6) is 0.0701. The minimum absolute atomic E-state index is 0.0186. The van der Waals surface area contributed by atoms with Gasteiger partial charge in [0.1, 0.15) is 0 Å². The number of carboxylic acid groups (broad SMARTS) is 1. The number of hydrogen-bond donors (Lipinski definition) is 1. The Labute approximate surface area is 54.9 Å². The first-order valence-electron chi connectivity index (χ1n) is 3.46. The van der Waals surface area contributed by atoms with Crippen molar-refractivity contribution in [3.63, 3.8) is 0 Å². The van der Waals surface area contributed by atoms with Crippen molar-refractivity contribution in [2.24, 2.45) is 11.8 Å². The quantitative estimate of drug-likeness (QED) is 0.612. The maximum atomic E-state index is 10.2. The van der Waals surface area contributed by atoms with Gasteiger partial charge in [0.15, 0.2) is 0 Å². The van der Waals surface area contributed by atoms with Crippen LogP contribution < -0.4 is 0 Å². The van der Waals surface area contributed by atoms with Crippen LogP contribution >= 0.6 is 0 Å².